The second-order valence-electron chi connectivity index (χ2n) is 4.85. The molecule has 0 aliphatic rings. The summed E-state index contributed by atoms with van der Waals surface area (Å²) in [5.74, 6) is 0.831. The number of carbonyl (C=O) groups is 1. The standard InChI is InChI=1S/C17H20N2O2/c1-19(15-7-3-14(12-18)4-8-15)17(20)11-13-5-9-16(21-2)10-6-13/h3-10H,11-12,18H2,1-2H3. The lowest BCUT2D eigenvalue weighted by Gasteiger charge is -2.18. The van der Waals surface area contributed by atoms with Gasteiger partial charge in [-0.2, -0.15) is 0 Å². The van der Waals surface area contributed by atoms with Gasteiger partial charge in [-0.3, -0.25) is 4.79 Å². The molecule has 0 atom stereocenters. The van der Waals surface area contributed by atoms with Crippen LogP contribution in [0.4, 0.5) is 5.69 Å². The van der Waals surface area contributed by atoms with Crippen molar-refractivity contribution in [2.24, 2.45) is 5.73 Å². The summed E-state index contributed by atoms with van der Waals surface area (Å²) >= 11 is 0. The molecular weight excluding hydrogens is 264 g/mol. The van der Waals surface area contributed by atoms with Crippen LogP contribution < -0.4 is 15.4 Å². The van der Waals surface area contributed by atoms with Crippen molar-refractivity contribution >= 4 is 11.6 Å². The number of amides is 1. The molecule has 0 saturated heterocycles. The first kappa shape index (κ1) is 15.1. The van der Waals surface area contributed by atoms with E-state index in [0.717, 1.165) is 22.6 Å². The molecule has 0 bridgehead atoms. The van der Waals surface area contributed by atoms with Crippen LogP contribution in [0.3, 0.4) is 0 Å². The van der Waals surface area contributed by atoms with Crippen molar-refractivity contribution in [3.05, 3.63) is 59.7 Å². The van der Waals surface area contributed by atoms with Gasteiger partial charge in [-0.1, -0.05) is 24.3 Å². The third-order valence-electron chi connectivity index (χ3n) is 3.45. The van der Waals surface area contributed by atoms with Gasteiger partial charge >= 0.3 is 0 Å². The molecule has 1 amide bonds. The molecule has 0 fully saturated rings. The monoisotopic (exact) mass is 284 g/mol. The Morgan fingerprint density at radius 3 is 2.14 bits per heavy atom. The Hall–Kier alpha value is -2.33. The van der Waals surface area contributed by atoms with E-state index in [4.69, 9.17) is 10.5 Å². The number of methoxy groups -OCH3 is 1. The van der Waals surface area contributed by atoms with Crippen LogP contribution in [0.2, 0.25) is 0 Å². The maximum absolute atomic E-state index is 12.3. The minimum absolute atomic E-state index is 0.0423. The summed E-state index contributed by atoms with van der Waals surface area (Å²) in [6, 6.07) is 15.2. The maximum Gasteiger partial charge on any atom is 0.231 e. The summed E-state index contributed by atoms with van der Waals surface area (Å²) < 4.78 is 5.11. The van der Waals surface area contributed by atoms with Gasteiger partial charge in [0.25, 0.3) is 0 Å². The van der Waals surface area contributed by atoms with Gasteiger partial charge in [0.1, 0.15) is 5.75 Å². The van der Waals surface area contributed by atoms with Crippen LogP contribution in [0.25, 0.3) is 0 Å². The second-order valence-corrected chi connectivity index (χ2v) is 4.85. The quantitative estimate of drug-likeness (QED) is 0.917. The van der Waals surface area contributed by atoms with Crippen molar-refractivity contribution in [2.45, 2.75) is 13.0 Å². The highest BCUT2D eigenvalue weighted by Crippen LogP contribution is 2.16. The Kier molecular flexibility index (Phi) is 4.95. The van der Waals surface area contributed by atoms with E-state index in [2.05, 4.69) is 0 Å². The van der Waals surface area contributed by atoms with Crippen LogP contribution >= 0.6 is 0 Å². The highest BCUT2D eigenvalue weighted by molar-refractivity contribution is 5.94. The third-order valence-corrected chi connectivity index (χ3v) is 3.45. The van der Waals surface area contributed by atoms with Crippen LogP contribution in [-0.2, 0) is 17.8 Å². The highest BCUT2D eigenvalue weighted by Gasteiger charge is 2.11. The molecule has 0 radical (unpaired) electrons. The molecule has 4 nitrogen and oxygen atoms in total. The zero-order valence-electron chi connectivity index (χ0n) is 12.4. The lowest BCUT2D eigenvalue weighted by atomic mass is 10.1. The third kappa shape index (κ3) is 3.83. The molecule has 2 rings (SSSR count). The number of nitrogens with two attached hydrogens (primary N) is 1. The number of nitrogens with zero attached hydrogens (tertiary/aromatic N) is 1. The predicted molar refractivity (Wildman–Crippen MR) is 84.4 cm³/mol. The van der Waals surface area contributed by atoms with E-state index in [-0.39, 0.29) is 5.91 Å². The molecule has 0 unspecified atom stereocenters. The van der Waals surface area contributed by atoms with E-state index in [0.29, 0.717) is 13.0 Å². The van der Waals surface area contributed by atoms with Gasteiger partial charge in [-0.05, 0) is 35.4 Å². The molecule has 2 aromatic rings. The molecular formula is C17H20N2O2. The van der Waals surface area contributed by atoms with Crippen molar-refractivity contribution in [3.63, 3.8) is 0 Å². The van der Waals surface area contributed by atoms with Crippen LogP contribution in [0.5, 0.6) is 5.75 Å². The summed E-state index contributed by atoms with van der Waals surface area (Å²) in [6.07, 6.45) is 0.360. The van der Waals surface area contributed by atoms with E-state index < -0.39 is 0 Å². The Labute approximate surface area is 125 Å². The van der Waals surface area contributed by atoms with Gasteiger partial charge in [0.05, 0.1) is 13.5 Å². The lowest BCUT2D eigenvalue weighted by Crippen LogP contribution is -2.27. The lowest BCUT2D eigenvalue weighted by molar-refractivity contribution is -0.117. The van der Waals surface area contributed by atoms with Crippen LogP contribution in [0.1, 0.15) is 11.1 Å². The molecule has 0 aliphatic heterocycles. The van der Waals surface area contributed by atoms with Gasteiger partial charge in [0.15, 0.2) is 0 Å². The molecule has 0 spiro atoms. The maximum atomic E-state index is 12.3. The van der Waals surface area contributed by atoms with Gasteiger partial charge < -0.3 is 15.4 Å². The predicted octanol–water partition coefficient (Wildman–Crippen LogP) is 2.36. The number of hydrogen-bond acceptors (Lipinski definition) is 3. The van der Waals surface area contributed by atoms with E-state index in [1.165, 1.54) is 0 Å². The van der Waals surface area contributed by atoms with Gasteiger partial charge in [-0.15, -0.1) is 0 Å². The van der Waals surface area contributed by atoms with Crippen molar-refractivity contribution in [2.75, 3.05) is 19.1 Å². The summed E-state index contributed by atoms with van der Waals surface area (Å²) in [5.41, 5.74) is 8.45. The summed E-state index contributed by atoms with van der Waals surface area (Å²) in [6.45, 7) is 0.504. The minimum atomic E-state index is 0.0423. The summed E-state index contributed by atoms with van der Waals surface area (Å²) in [7, 11) is 3.41. The molecule has 4 heteroatoms. The Bertz CT molecular complexity index is 591. The number of likely N-dealkylation sites (N-methyl/N-ethyl adjacent to an activating group) is 1. The average Bonchev–Trinajstić information content (AvgIpc) is 2.55. The first-order valence-electron chi connectivity index (χ1n) is 6.82. The fourth-order valence-electron chi connectivity index (χ4n) is 2.04. The number of hydrogen-bond donors (Lipinski definition) is 1. The minimum Gasteiger partial charge on any atom is -0.497 e. The second kappa shape index (κ2) is 6.90. The van der Waals surface area contributed by atoms with Crippen molar-refractivity contribution in [1.82, 2.24) is 0 Å². The normalized spacial score (nSPS) is 10.2. The fourth-order valence-corrected chi connectivity index (χ4v) is 2.04. The van der Waals surface area contributed by atoms with Crippen LogP contribution in [0, 0.1) is 0 Å². The fraction of sp³-hybridized carbons (Fsp3) is 0.235. The molecule has 2 N–H and O–H groups in total. The Morgan fingerprint density at radius 2 is 1.62 bits per heavy atom. The van der Waals surface area contributed by atoms with E-state index >= 15 is 0 Å². The highest BCUT2D eigenvalue weighted by atomic mass is 16.5. The van der Waals surface area contributed by atoms with Gasteiger partial charge in [-0.25, -0.2) is 0 Å². The van der Waals surface area contributed by atoms with E-state index in [9.17, 15) is 4.79 Å². The topological polar surface area (TPSA) is 55.6 Å². The Morgan fingerprint density at radius 1 is 1.05 bits per heavy atom. The summed E-state index contributed by atoms with van der Waals surface area (Å²) in [5, 5.41) is 0. The van der Waals surface area contributed by atoms with Crippen molar-refractivity contribution in [1.29, 1.82) is 0 Å². The summed E-state index contributed by atoms with van der Waals surface area (Å²) in [4.78, 5) is 13.9. The molecule has 0 aromatic heterocycles. The molecule has 0 aliphatic carbocycles. The van der Waals surface area contributed by atoms with E-state index in [1.54, 1.807) is 19.1 Å². The number of ether oxygens (including phenoxy) is 1. The Balaban J connectivity index is 2.03. The first-order valence-corrected chi connectivity index (χ1v) is 6.82. The molecule has 110 valence electrons. The largest absolute Gasteiger partial charge is 0.497 e. The van der Waals surface area contributed by atoms with Crippen molar-refractivity contribution < 1.29 is 9.53 Å². The molecule has 21 heavy (non-hydrogen) atoms. The molecule has 0 heterocycles. The molecule has 2 aromatic carbocycles. The number of rotatable bonds is 5. The van der Waals surface area contributed by atoms with Gasteiger partial charge in [0, 0.05) is 19.3 Å². The smallest absolute Gasteiger partial charge is 0.231 e. The number of carbonyl (C=O) groups excluding carboxylic acids is 1. The van der Waals surface area contributed by atoms with Crippen LogP contribution in [0.15, 0.2) is 48.5 Å². The van der Waals surface area contributed by atoms with Gasteiger partial charge in [0.2, 0.25) is 5.91 Å². The zero-order valence-corrected chi connectivity index (χ0v) is 12.4. The first-order chi connectivity index (χ1) is 10.1. The zero-order chi connectivity index (χ0) is 15.2. The molecule has 0 saturated carbocycles. The number of anilines is 1. The van der Waals surface area contributed by atoms with Crippen molar-refractivity contribution in [3.8, 4) is 5.75 Å². The SMILES string of the molecule is COc1ccc(CC(=O)N(C)c2ccc(CN)cc2)cc1. The average molecular weight is 284 g/mol. The number of benzene rings is 2. The van der Waals surface area contributed by atoms with Crippen LogP contribution in [-0.4, -0.2) is 20.1 Å². The van der Waals surface area contributed by atoms with E-state index in [1.807, 2.05) is 48.5 Å².